The van der Waals surface area contributed by atoms with Gasteiger partial charge in [-0.15, -0.1) is 13.2 Å². The molecule has 2 rings (SSSR count). The van der Waals surface area contributed by atoms with E-state index in [0.717, 1.165) is 12.3 Å². The Balaban J connectivity index is 1.90. The first-order valence-electron chi connectivity index (χ1n) is 10.5. The predicted octanol–water partition coefficient (Wildman–Crippen LogP) is 2.08. The van der Waals surface area contributed by atoms with Crippen molar-refractivity contribution in [1.29, 1.82) is 5.26 Å². The largest absolute Gasteiger partial charge is 0.573 e. The fourth-order valence-electron chi connectivity index (χ4n) is 3.69. The Morgan fingerprint density at radius 1 is 1.18 bits per heavy atom. The van der Waals surface area contributed by atoms with E-state index in [1.165, 1.54) is 26.0 Å². The summed E-state index contributed by atoms with van der Waals surface area (Å²) in [5.41, 5.74) is -1.27. The van der Waals surface area contributed by atoms with Crippen LogP contribution in [0.2, 0.25) is 0 Å². The molecule has 0 bridgehead atoms. The molecule has 0 spiro atoms. The van der Waals surface area contributed by atoms with Crippen molar-refractivity contribution in [1.82, 2.24) is 15.4 Å². The predicted molar refractivity (Wildman–Crippen MR) is 116 cm³/mol. The molecule has 3 N–H and O–H groups in total. The highest BCUT2D eigenvalue weighted by molar-refractivity contribution is 7.88. The van der Waals surface area contributed by atoms with Gasteiger partial charge in [-0.25, -0.2) is 13.1 Å². The third-order valence-corrected chi connectivity index (χ3v) is 6.20. The topological polar surface area (TPSA) is 137 Å². The summed E-state index contributed by atoms with van der Waals surface area (Å²) < 4.78 is 67.1. The molecule has 0 aliphatic heterocycles. The van der Waals surface area contributed by atoms with Gasteiger partial charge in [-0.05, 0) is 51.7 Å². The highest BCUT2D eigenvalue weighted by Gasteiger charge is 2.35. The number of hydrogen-bond acceptors (Lipinski definition) is 6. The van der Waals surface area contributed by atoms with Crippen molar-refractivity contribution in [3.8, 4) is 11.8 Å². The van der Waals surface area contributed by atoms with Crippen LogP contribution in [-0.4, -0.2) is 44.4 Å². The van der Waals surface area contributed by atoms with Gasteiger partial charge in [-0.3, -0.25) is 9.59 Å². The van der Waals surface area contributed by atoms with Gasteiger partial charge in [0.15, 0.2) is 0 Å². The normalized spacial score (nSPS) is 19.1. The van der Waals surface area contributed by atoms with Crippen molar-refractivity contribution in [3.63, 3.8) is 0 Å². The number of sulfonamides is 1. The monoisotopic (exact) mass is 504 g/mol. The van der Waals surface area contributed by atoms with E-state index in [0.29, 0.717) is 25.7 Å². The molecule has 9 nitrogen and oxygen atoms in total. The van der Waals surface area contributed by atoms with E-state index in [4.69, 9.17) is 5.26 Å². The average molecular weight is 505 g/mol. The molecule has 2 amide bonds. The zero-order valence-electron chi connectivity index (χ0n) is 19.0. The first-order valence-corrected chi connectivity index (χ1v) is 12.3. The number of ether oxygens (including phenoxy) is 1. The van der Waals surface area contributed by atoms with Gasteiger partial charge in [0.25, 0.3) is 0 Å². The van der Waals surface area contributed by atoms with Crippen molar-refractivity contribution in [2.45, 2.75) is 64.0 Å². The molecule has 188 valence electrons. The molecule has 0 aromatic heterocycles. The van der Waals surface area contributed by atoms with Gasteiger partial charge in [-0.2, -0.15) is 5.26 Å². The number of rotatable bonds is 8. The summed E-state index contributed by atoms with van der Waals surface area (Å²) >= 11 is 0. The molecule has 1 saturated carbocycles. The van der Waals surface area contributed by atoms with Gasteiger partial charge in [0, 0.05) is 24.1 Å². The van der Waals surface area contributed by atoms with Crippen molar-refractivity contribution in [3.05, 3.63) is 29.3 Å². The quantitative estimate of drug-likeness (QED) is 0.496. The highest BCUT2D eigenvalue weighted by atomic mass is 32.2. The van der Waals surface area contributed by atoms with E-state index in [1.807, 2.05) is 0 Å². The molecule has 1 aliphatic rings. The lowest BCUT2D eigenvalue weighted by Crippen LogP contribution is -2.56. The minimum Gasteiger partial charge on any atom is -0.405 e. The van der Waals surface area contributed by atoms with Gasteiger partial charge < -0.3 is 15.4 Å². The molecule has 1 aliphatic carbocycles. The second-order valence-electron chi connectivity index (χ2n) is 8.72. The zero-order valence-corrected chi connectivity index (χ0v) is 19.8. The van der Waals surface area contributed by atoms with Gasteiger partial charge in [-0.1, -0.05) is 6.07 Å². The number of nitrogens with zero attached hydrogens (tertiary/aromatic N) is 1. The number of amides is 2. The Bertz CT molecular complexity index is 1060. The summed E-state index contributed by atoms with van der Waals surface area (Å²) in [6.45, 7) is 2.68. The fourth-order valence-corrected chi connectivity index (χ4v) is 4.71. The molecule has 0 saturated heterocycles. The van der Waals surface area contributed by atoms with Crippen LogP contribution in [0.4, 0.5) is 13.2 Å². The second-order valence-corrected chi connectivity index (χ2v) is 10.5. The summed E-state index contributed by atoms with van der Waals surface area (Å²) in [7, 11) is -3.59. The SMILES string of the molecule is CC(C)(NS(C)(=O)=O)C(=O)NC1CCC(C(=O)NCc2ccc(C#N)cc2OC(F)(F)F)CC1. The number of nitrogens with one attached hydrogen (secondary N) is 3. The summed E-state index contributed by atoms with van der Waals surface area (Å²) in [5, 5.41) is 14.3. The lowest BCUT2D eigenvalue weighted by atomic mass is 9.85. The van der Waals surface area contributed by atoms with Gasteiger partial charge in [0.1, 0.15) is 11.3 Å². The van der Waals surface area contributed by atoms with Crippen LogP contribution < -0.4 is 20.1 Å². The van der Waals surface area contributed by atoms with Crippen LogP contribution in [0.25, 0.3) is 0 Å². The van der Waals surface area contributed by atoms with E-state index >= 15 is 0 Å². The Kier molecular flexibility index (Phi) is 8.54. The smallest absolute Gasteiger partial charge is 0.405 e. The third kappa shape index (κ3) is 8.49. The number of carbonyl (C=O) groups excluding carboxylic acids is 2. The number of carbonyl (C=O) groups is 2. The van der Waals surface area contributed by atoms with Crippen LogP contribution in [0.5, 0.6) is 5.75 Å². The zero-order chi connectivity index (χ0) is 25.7. The van der Waals surface area contributed by atoms with Crippen molar-refractivity contribution in [2.24, 2.45) is 5.92 Å². The van der Waals surface area contributed by atoms with E-state index in [9.17, 15) is 31.2 Å². The van der Waals surface area contributed by atoms with E-state index in [1.54, 1.807) is 6.07 Å². The number of halogens is 3. The number of benzene rings is 1. The lowest BCUT2D eigenvalue weighted by Gasteiger charge is -2.31. The maximum atomic E-state index is 12.7. The van der Waals surface area contributed by atoms with Crippen LogP contribution in [-0.2, 0) is 26.2 Å². The fraction of sp³-hybridized carbons (Fsp3) is 0.571. The van der Waals surface area contributed by atoms with Crippen LogP contribution in [0, 0.1) is 17.2 Å². The molecular weight excluding hydrogens is 477 g/mol. The third-order valence-electron chi connectivity index (χ3n) is 5.32. The van der Waals surface area contributed by atoms with Crippen molar-refractivity contribution < 1.29 is 35.9 Å². The van der Waals surface area contributed by atoms with Crippen LogP contribution >= 0.6 is 0 Å². The summed E-state index contributed by atoms with van der Waals surface area (Å²) in [6, 6.07) is 5.09. The maximum absolute atomic E-state index is 12.7. The van der Waals surface area contributed by atoms with E-state index in [2.05, 4.69) is 20.1 Å². The summed E-state index contributed by atoms with van der Waals surface area (Å²) in [5.74, 6) is -1.76. The minimum atomic E-state index is -4.94. The molecule has 1 aromatic rings. The molecular formula is C21H27F3N4O5S. The standard InChI is InChI=1S/C21H27F3N4O5S/c1-20(2,28-34(3,31)32)19(30)27-16-8-6-14(7-9-16)18(29)26-12-15-5-4-13(11-25)10-17(15)33-21(22,23)24/h4-5,10,14,16,28H,6-9,12H2,1-3H3,(H,26,29)(H,27,30). The Morgan fingerprint density at radius 2 is 1.79 bits per heavy atom. The van der Waals surface area contributed by atoms with Crippen molar-refractivity contribution >= 4 is 21.8 Å². The highest BCUT2D eigenvalue weighted by Crippen LogP contribution is 2.28. The van der Waals surface area contributed by atoms with E-state index < -0.39 is 33.6 Å². The summed E-state index contributed by atoms with van der Waals surface area (Å²) in [6.07, 6.45) is -2.13. The van der Waals surface area contributed by atoms with Crippen molar-refractivity contribution in [2.75, 3.05) is 6.26 Å². The van der Waals surface area contributed by atoms with E-state index in [-0.39, 0.29) is 35.5 Å². The lowest BCUT2D eigenvalue weighted by molar-refractivity contribution is -0.274. The number of hydrogen-bond donors (Lipinski definition) is 3. The molecule has 0 heterocycles. The van der Waals surface area contributed by atoms with Crippen LogP contribution in [0.3, 0.4) is 0 Å². The first-order chi connectivity index (χ1) is 15.6. The number of alkyl halides is 3. The molecule has 0 radical (unpaired) electrons. The van der Waals surface area contributed by atoms with Crippen LogP contribution in [0.1, 0.15) is 50.7 Å². The van der Waals surface area contributed by atoms with Gasteiger partial charge in [0.2, 0.25) is 21.8 Å². The molecule has 1 fully saturated rings. The molecule has 1 aromatic carbocycles. The average Bonchev–Trinajstić information content (AvgIpc) is 2.70. The molecule has 0 atom stereocenters. The molecule has 0 unspecified atom stereocenters. The molecule has 34 heavy (non-hydrogen) atoms. The Morgan fingerprint density at radius 3 is 2.32 bits per heavy atom. The Hall–Kier alpha value is -2.85. The van der Waals surface area contributed by atoms with Gasteiger partial charge in [0.05, 0.1) is 17.9 Å². The molecule has 13 heteroatoms. The number of nitriles is 1. The first kappa shape index (κ1) is 27.4. The minimum absolute atomic E-state index is 0.00962. The summed E-state index contributed by atoms with van der Waals surface area (Å²) in [4.78, 5) is 25.0. The second kappa shape index (κ2) is 10.6. The maximum Gasteiger partial charge on any atom is 0.573 e. The van der Waals surface area contributed by atoms with Gasteiger partial charge >= 0.3 is 6.36 Å². The Labute approximate surface area is 196 Å². The van der Waals surface area contributed by atoms with Crippen LogP contribution in [0.15, 0.2) is 18.2 Å².